The number of rotatable bonds is 9. The zero-order chi connectivity index (χ0) is 25.9. The van der Waals surface area contributed by atoms with Crippen LogP contribution in [0.3, 0.4) is 0 Å². The quantitative estimate of drug-likeness (QED) is 0.326. The standard InChI is InChI=1S/C27H34ClN2O5P/c1-30-17-29-26(27(30)28)23-12-11-21(34-2)14-24(23)19-9-7-18(8-10-19)15-35-22-6-4-5-20(13-22)25(31)16-36(3,32)33/h4-6,11-14,17-19,25,31H,7-10,15-16H2,1-3H3,(H,32,33)/t18?,19?,25-/m1/s1. The zero-order valence-electron chi connectivity index (χ0n) is 20.9. The molecule has 0 aliphatic heterocycles. The van der Waals surface area contributed by atoms with Crippen molar-refractivity contribution >= 4 is 19.0 Å². The molecule has 1 fully saturated rings. The van der Waals surface area contributed by atoms with Crippen LogP contribution in [0.25, 0.3) is 11.3 Å². The van der Waals surface area contributed by atoms with Crippen molar-refractivity contribution in [2.75, 3.05) is 26.5 Å². The molecule has 1 aromatic heterocycles. The van der Waals surface area contributed by atoms with Gasteiger partial charge in [0.1, 0.15) is 22.3 Å². The number of aromatic nitrogens is 2. The number of aliphatic hydroxyl groups is 1. The highest BCUT2D eigenvalue weighted by Crippen LogP contribution is 2.43. The Morgan fingerprint density at radius 3 is 2.56 bits per heavy atom. The van der Waals surface area contributed by atoms with Gasteiger partial charge in [-0.2, -0.15) is 0 Å². The van der Waals surface area contributed by atoms with Crippen molar-refractivity contribution in [2.24, 2.45) is 13.0 Å². The molecule has 0 amide bonds. The van der Waals surface area contributed by atoms with Crippen molar-refractivity contribution in [3.8, 4) is 22.8 Å². The van der Waals surface area contributed by atoms with Crippen molar-refractivity contribution in [3.63, 3.8) is 0 Å². The molecule has 194 valence electrons. The highest BCUT2D eigenvalue weighted by atomic mass is 35.5. The molecule has 2 atom stereocenters. The second-order valence-corrected chi connectivity index (χ2v) is 12.6. The highest BCUT2D eigenvalue weighted by Gasteiger charge is 2.27. The Kier molecular flexibility index (Phi) is 8.46. The van der Waals surface area contributed by atoms with E-state index in [4.69, 9.17) is 21.1 Å². The molecule has 1 heterocycles. The van der Waals surface area contributed by atoms with Gasteiger partial charge < -0.3 is 24.0 Å². The number of hydrogen-bond donors (Lipinski definition) is 2. The molecule has 0 saturated heterocycles. The average Bonchev–Trinajstić information content (AvgIpc) is 3.19. The third-order valence-corrected chi connectivity index (χ3v) is 8.37. The van der Waals surface area contributed by atoms with E-state index >= 15 is 0 Å². The van der Waals surface area contributed by atoms with Crippen molar-refractivity contribution in [1.82, 2.24) is 9.55 Å². The second kappa shape index (κ2) is 11.4. The van der Waals surface area contributed by atoms with E-state index in [1.54, 1.807) is 31.6 Å². The van der Waals surface area contributed by atoms with Gasteiger partial charge in [0.25, 0.3) is 0 Å². The number of hydrogen-bond acceptors (Lipinski definition) is 5. The molecular formula is C27H34ClN2O5P. The number of aryl methyl sites for hydroxylation is 1. The van der Waals surface area contributed by atoms with E-state index in [2.05, 4.69) is 11.1 Å². The molecule has 1 aliphatic carbocycles. The molecule has 1 aliphatic rings. The van der Waals surface area contributed by atoms with Crippen molar-refractivity contribution in [3.05, 3.63) is 65.1 Å². The van der Waals surface area contributed by atoms with E-state index in [1.807, 2.05) is 29.8 Å². The monoisotopic (exact) mass is 532 g/mol. The number of imidazole rings is 1. The number of halogens is 1. The molecular weight excluding hydrogens is 499 g/mol. The zero-order valence-corrected chi connectivity index (χ0v) is 22.6. The van der Waals surface area contributed by atoms with Crippen LogP contribution in [0.4, 0.5) is 0 Å². The van der Waals surface area contributed by atoms with Crippen LogP contribution in [-0.2, 0) is 11.6 Å². The molecule has 2 aromatic carbocycles. The Morgan fingerprint density at radius 1 is 1.17 bits per heavy atom. The van der Waals surface area contributed by atoms with Crippen molar-refractivity contribution in [2.45, 2.75) is 37.7 Å². The van der Waals surface area contributed by atoms with Crippen LogP contribution in [0.2, 0.25) is 5.15 Å². The van der Waals surface area contributed by atoms with Crippen molar-refractivity contribution in [1.29, 1.82) is 0 Å². The van der Waals surface area contributed by atoms with Crippen LogP contribution in [0.1, 0.15) is 48.8 Å². The summed E-state index contributed by atoms with van der Waals surface area (Å²) in [7, 11) is 0.255. The van der Waals surface area contributed by atoms with E-state index < -0.39 is 13.5 Å². The lowest BCUT2D eigenvalue weighted by atomic mass is 9.77. The molecule has 3 aromatic rings. The van der Waals surface area contributed by atoms with Gasteiger partial charge in [0.15, 0.2) is 0 Å². The van der Waals surface area contributed by atoms with Crippen LogP contribution in [0.15, 0.2) is 48.8 Å². The number of ether oxygens (including phenoxy) is 2. The average molecular weight is 533 g/mol. The fourth-order valence-corrected chi connectivity index (χ4v) is 5.96. The number of benzene rings is 2. The maximum absolute atomic E-state index is 11.6. The van der Waals surface area contributed by atoms with Crippen molar-refractivity contribution < 1.29 is 24.0 Å². The summed E-state index contributed by atoms with van der Waals surface area (Å²) in [4.78, 5) is 14.1. The predicted octanol–water partition coefficient (Wildman–Crippen LogP) is 6.04. The summed E-state index contributed by atoms with van der Waals surface area (Å²) >= 11 is 6.52. The molecule has 2 N–H and O–H groups in total. The Balaban J connectivity index is 1.39. The van der Waals surface area contributed by atoms with Gasteiger partial charge >= 0.3 is 0 Å². The molecule has 0 spiro atoms. The number of methoxy groups -OCH3 is 1. The highest BCUT2D eigenvalue weighted by molar-refractivity contribution is 7.57. The summed E-state index contributed by atoms with van der Waals surface area (Å²) < 4.78 is 25.0. The summed E-state index contributed by atoms with van der Waals surface area (Å²) in [5.74, 6) is 2.30. The molecule has 0 bridgehead atoms. The van der Waals surface area contributed by atoms with Gasteiger partial charge in [0, 0.05) is 19.3 Å². The fraction of sp³-hybridized carbons (Fsp3) is 0.444. The first-order valence-electron chi connectivity index (χ1n) is 12.2. The molecule has 7 nitrogen and oxygen atoms in total. The van der Waals surface area contributed by atoms with Crippen LogP contribution in [-0.4, -0.2) is 46.1 Å². The molecule has 1 unspecified atom stereocenters. The summed E-state index contributed by atoms with van der Waals surface area (Å²) in [6, 6.07) is 13.3. The normalized spacial score (nSPS) is 20.5. The summed E-state index contributed by atoms with van der Waals surface area (Å²) in [5, 5.41) is 10.9. The van der Waals surface area contributed by atoms with Crippen LogP contribution in [0.5, 0.6) is 11.5 Å². The Bertz CT molecular complexity index is 1230. The Hall–Kier alpha value is -2.31. The minimum absolute atomic E-state index is 0.170. The largest absolute Gasteiger partial charge is 0.497 e. The number of aliphatic hydroxyl groups excluding tert-OH is 1. The van der Waals surface area contributed by atoms with Gasteiger partial charge in [0.2, 0.25) is 7.37 Å². The van der Waals surface area contributed by atoms with Crippen LogP contribution >= 0.6 is 19.0 Å². The van der Waals surface area contributed by atoms with Gasteiger partial charge in [-0.25, -0.2) is 4.98 Å². The third kappa shape index (κ3) is 6.51. The van der Waals surface area contributed by atoms with E-state index in [1.165, 1.54) is 12.2 Å². The smallest absolute Gasteiger partial charge is 0.200 e. The predicted molar refractivity (Wildman–Crippen MR) is 142 cm³/mol. The van der Waals surface area contributed by atoms with Crippen LogP contribution < -0.4 is 9.47 Å². The first-order chi connectivity index (χ1) is 17.1. The van der Waals surface area contributed by atoms with Gasteiger partial charge in [-0.05, 0) is 79.0 Å². The second-order valence-electron chi connectivity index (χ2n) is 9.80. The minimum atomic E-state index is -3.31. The van der Waals surface area contributed by atoms with E-state index in [0.29, 0.717) is 34.9 Å². The fourth-order valence-electron chi connectivity index (χ4n) is 4.91. The lowest BCUT2D eigenvalue weighted by Crippen LogP contribution is -2.19. The SMILES string of the molecule is COc1ccc(-c2ncn(C)c2Cl)c(C2CCC(COc3cccc([C@H](O)CP(C)(=O)O)c3)CC2)c1. The van der Waals surface area contributed by atoms with E-state index in [0.717, 1.165) is 42.7 Å². The summed E-state index contributed by atoms with van der Waals surface area (Å²) in [6.45, 7) is 1.85. The molecule has 1 saturated carbocycles. The lowest BCUT2D eigenvalue weighted by Gasteiger charge is -2.30. The van der Waals surface area contributed by atoms with E-state index in [-0.39, 0.29) is 6.16 Å². The number of nitrogens with zero attached hydrogens (tertiary/aromatic N) is 2. The Labute approximate surface area is 217 Å². The summed E-state index contributed by atoms with van der Waals surface area (Å²) in [5.41, 5.74) is 3.65. The first-order valence-corrected chi connectivity index (χ1v) is 14.9. The van der Waals surface area contributed by atoms with E-state index in [9.17, 15) is 14.6 Å². The summed E-state index contributed by atoms with van der Waals surface area (Å²) in [6.07, 6.45) is 4.69. The van der Waals surface area contributed by atoms with Gasteiger partial charge in [-0.15, -0.1) is 0 Å². The van der Waals surface area contributed by atoms with Gasteiger partial charge in [0.05, 0.1) is 32.3 Å². The lowest BCUT2D eigenvalue weighted by molar-refractivity contribution is 0.192. The molecule has 9 heteroatoms. The Morgan fingerprint density at radius 2 is 1.92 bits per heavy atom. The molecule has 4 rings (SSSR count). The topological polar surface area (TPSA) is 93.8 Å². The maximum atomic E-state index is 11.6. The minimum Gasteiger partial charge on any atom is -0.497 e. The molecule has 36 heavy (non-hydrogen) atoms. The first kappa shape index (κ1) is 26.7. The van der Waals surface area contributed by atoms with Crippen LogP contribution in [0, 0.1) is 5.92 Å². The van der Waals surface area contributed by atoms with Gasteiger partial charge in [-0.1, -0.05) is 23.7 Å². The maximum Gasteiger partial charge on any atom is 0.200 e. The third-order valence-electron chi connectivity index (χ3n) is 6.91. The molecule has 0 radical (unpaired) electrons. The van der Waals surface area contributed by atoms with Gasteiger partial charge in [-0.3, -0.25) is 4.57 Å².